The predicted molar refractivity (Wildman–Crippen MR) is 80.4 cm³/mol. The standard InChI is InChI=1S/C14H23N3O3S/c1-3-15-9-13-5-6-14(16-10-13)21(18,19)17-7-4-8-20-12(2)11-17/h5-6,10,12,15H,3-4,7-9,11H2,1-2H3. The summed E-state index contributed by atoms with van der Waals surface area (Å²) >= 11 is 0. The zero-order chi connectivity index (χ0) is 15.3. The first-order chi connectivity index (χ1) is 10.0. The summed E-state index contributed by atoms with van der Waals surface area (Å²) in [7, 11) is -3.53. The van der Waals surface area contributed by atoms with Crippen LogP contribution in [0.15, 0.2) is 23.4 Å². The van der Waals surface area contributed by atoms with Crippen LogP contribution in [-0.4, -0.2) is 50.1 Å². The minimum Gasteiger partial charge on any atom is -0.377 e. The Morgan fingerprint density at radius 3 is 2.95 bits per heavy atom. The summed E-state index contributed by atoms with van der Waals surface area (Å²) in [4.78, 5) is 4.12. The van der Waals surface area contributed by atoms with Crippen molar-refractivity contribution in [3.05, 3.63) is 23.9 Å². The lowest BCUT2D eigenvalue weighted by Crippen LogP contribution is -2.36. The lowest BCUT2D eigenvalue weighted by atomic mass is 10.3. The highest BCUT2D eigenvalue weighted by Crippen LogP contribution is 2.17. The van der Waals surface area contributed by atoms with Gasteiger partial charge in [0.2, 0.25) is 0 Å². The van der Waals surface area contributed by atoms with Crippen LogP contribution in [0.1, 0.15) is 25.8 Å². The fraction of sp³-hybridized carbons (Fsp3) is 0.643. The average Bonchev–Trinajstić information content (AvgIpc) is 2.70. The normalized spacial score (nSPS) is 21.1. The van der Waals surface area contributed by atoms with E-state index in [-0.39, 0.29) is 11.1 Å². The minimum atomic E-state index is -3.53. The Hall–Kier alpha value is -1.02. The van der Waals surface area contributed by atoms with Crippen molar-refractivity contribution in [2.24, 2.45) is 0 Å². The van der Waals surface area contributed by atoms with Crippen LogP contribution in [0, 0.1) is 0 Å². The molecule has 0 amide bonds. The molecule has 7 heteroatoms. The van der Waals surface area contributed by atoms with Crippen molar-refractivity contribution in [3.8, 4) is 0 Å². The number of rotatable bonds is 5. The van der Waals surface area contributed by atoms with Crippen molar-refractivity contribution >= 4 is 10.0 Å². The molecule has 0 aromatic carbocycles. The maximum Gasteiger partial charge on any atom is 0.260 e. The van der Waals surface area contributed by atoms with Crippen molar-refractivity contribution in [3.63, 3.8) is 0 Å². The lowest BCUT2D eigenvalue weighted by Gasteiger charge is -2.21. The van der Waals surface area contributed by atoms with E-state index in [1.54, 1.807) is 18.3 Å². The van der Waals surface area contributed by atoms with Crippen molar-refractivity contribution in [2.75, 3.05) is 26.2 Å². The topological polar surface area (TPSA) is 71.5 Å². The quantitative estimate of drug-likeness (QED) is 0.878. The lowest BCUT2D eigenvalue weighted by molar-refractivity contribution is 0.0752. The molecule has 1 unspecified atom stereocenters. The molecule has 1 aromatic heterocycles. The molecular weight excluding hydrogens is 290 g/mol. The number of hydrogen-bond donors (Lipinski definition) is 1. The van der Waals surface area contributed by atoms with Crippen LogP contribution in [0.2, 0.25) is 0 Å². The zero-order valence-corrected chi connectivity index (χ0v) is 13.4. The van der Waals surface area contributed by atoms with E-state index < -0.39 is 10.0 Å². The summed E-state index contributed by atoms with van der Waals surface area (Å²) < 4.78 is 32.2. The molecule has 1 aromatic rings. The van der Waals surface area contributed by atoms with Gasteiger partial charge in [0, 0.05) is 32.4 Å². The summed E-state index contributed by atoms with van der Waals surface area (Å²) in [6, 6.07) is 3.39. The highest BCUT2D eigenvalue weighted by atomic mass is 32.2. The van der Waals surface area contributed by atoms with Crippen molar-refractivity contribution in [2.45, 2.75) is 37.9 Å². The maximum absolute atomic E-state index is 12.6. The first-order valence-electron chi connectivity index (χ1n) is 7.31. The first-order valence-corrected chi connectivity index (χ1v) is 8.75. The van der Waals surface area contributed by atoms with Gasteiger partial charge in [0.05, 0.1) is 6.10 Å². The molecule has 6 nitrogen and oxygen atoms in total. The smallest absolute Gasteiger partial charge is 0.260 e. The second kappa shape index (κ2) is 7.31. The monoisotopic (exact) mass is 313 g/mol. The van der Waals surface area contributed by atoms with E-state index >= 15 is 0 Å². The third-order valence-corrected chi connectivity index (χ3v) is 5.18. The van der Waals surface area contributed by atoms with Crippen LogP contribution < -0.4 is 5.32 Å². The van der Waals surface area contributed by atoms with E-state index in [0.717, 1.165) is 12.1 Å². The molecule has 21 heavy (non-hydrogen) atoms. The van der Waals surface area contributed by atoms with Gasteiger partial charge in [0.15, 0.2) is 5.03 Å². The summed E-state index contributed by atoms with van der Waals surface area (Å²) in [6.45, 7) is 6.93. The zero-order valence-electron chi connectivity index (χ0n) is 12.6. The van der Waals surface area contributed by atoms with E-state index in [1.807, 2.05) is 13.8 Å². The van der Waals surface area contributed by atoms with Crippen LogP contribution >= 0.6 is 0 Å². The molecule has 0 saturated carbocycles. The fourth-order valence-corrected chi connectivity index (χ4v) is 3.71. The van der Waals surface area contributed by atoms with Crippen LogP contribution in [0.4, 0.5) is 0 Å². The Balaban J connectivity index is 2.14. The Labute approximate surface area is 126 Å². The SMILES string of the molecule is CCNCc1ccc(S(=O)(=O)N2CCCOC(C)C2)nc1. The van der Waals surface area contributed by atoms with E-state index in [4.69, 9.17) is 4.74 Å². The van der Waals surface area contributed by atoms with E-state index in [1.165, 1.54) is 4.31 Å². The number of nitrogens with one attached hydrogen (secondary N) is 1. The molecule has 0 aliphatic carbocycles. The van der Waals surface area contributed by atoms with Gasteiger partial charge in [-0.05, 0) is 31.5 Å². The molecule has 0 radical (unpaired) electrons. The fourth-order valence-electron chi connectivity index (χ4n) is 2.24. The van der Waals surface area contributed by atoms with Gasteiger partial charge in [-0.3, -0.25) is 0 Å². The molecule has 1 fully saturated rings. The van der Waals surface area contributed by atoms with Gasteiger partial charge in [-0.25, -0.2) is 13.4 Å². The molecule has 0 spiro atoms. The van der Waals surface area contributed by atoms with Gasteiger partial charge in [-0.15, -0.1) is 0 Å². The third-order valence-electron chi connectivity index (χ3n) is 3.40. The van der Waals surface area contributed by atoms with Gasteiger partial charge in [0.1, 0.15) is 0 Å². The number of sulfonamides is 1. The second-order valence-electron chi connectivity index (χ2n) is 5.18. The molecule has 1 aliphatic heterocycles. The molecule has 2 rings (SSSR count). The van der Waals surface area contributed by atoms with Crippen LogP contribution in [-0.2, 0) is 21.3 Å². The number of aromatic nitrogens is 1. The second-order valence-corrected chi connectivity index (χ2v) is 7.07. The molecule has 1 atom stereocenters. The van der Waals surface area contributed by atoms with Gasteiger partial charge >= 0.3 is 0 Å². The van der Waals surface area contributed by atoms with E-state index in [9.17, 15) is 8.42 Å². The Morgan fingerprint density at radius 2 is 2.29 bits per heavy atom. The molecule has 1 aliphatic rings. The van der Waals surface area contributed by atoms with Crippen LogP contribution in [0.3, 0.4) is 0 Å². The summed E-state index contributed by atoms with van der Waals surface area (Å²) in [5, 5.41) is 3.29. The molecule has 1 N–H and O–H groups in total. The summed E-state index contributed by atoms with van der Waals surface area (Å²) in [5.74, 6) is 0. The predicted octanol–water partition coefficient (Wildman–Crippen LogP) is 0.991. The Bertz CT molecular complexity index is 545. The molecule has 118 valence electrons. The van der Waals surface area contributed by atoms with Gasteiger partial charge in [-0.1, -0.05) is 13.0 Å². The van der Waals surface area contributed by atoms with Crippen molar-refractivity contribution in [1.82, 2.24) is 14.6 Å². The highest BCUT2D eigenvalue weighted by Gasteiger charge is 2.28. The molecule has 2 heterocycles. The number of hydrogen-bond acceptors (Lipinski definition) is 5. The first kappa shape index (κ1) is 16.4. The number of pyridine rings is 1. The molecule has 0 bridgehead atoms. The molecular formula is C14H23N3O3S. The third kappa shape index (κ3) is 4.23. The van der Waals surface area contributed by atoms with Gasteiger partial charge < -0.3 is 10.1 Å². The summed E-state index contributed by atoms with van der Waals surface area (Å²) in [6.07, 6.45) is 2.24. The van der Waals surface area contributed by atoms with E-state index in [2.05, 4.69) is 10.3 Å². The van der Waals surface area contributed by atoms with Crippen molar-refractivity contribution in [1.29, 1.82) is 0 Å². The number of nitrogens with zero attached hydrogens (tertiary/aromatic N) is 2. The minimum absolute atomic E-state index is 0.0877. The Kier molecular flexibility index (Phi) is 5.69. The molecule has 1 saturated heterocycles. The van der Waals surface area contributed by atoms with Crippen molar-refractivity contribution < 1.29 is 13.2 Å². The summed E-state index contributed by atoms with van der Waals surface area (Å²) in [5.41, 5.74) is 0.975. The Morgan fingerprint density at radius 1 is 1.48 bits per heavy atom. The van der Waals surface area contributed by atoms with Gasteiger partial charge in [0.25, 0.3) is 10.0 Å². The average molecular weight is 313 g/mol. The highest BCUT2D eigenvalue weighted by molar-refractivity contribution is 7.89. The van der Waals surface area contributed by atoms with Gasteiger partial charge in [-0.2, -0.15) is 4.31 Å². The van der Waals surface area contributed by atoms with Crippen LogP contribution in [0.25, 0.3) is 0 Å². The van der Waals surface area contributed by atoms with Crippen LogP contribution in [0.5, 0.6) is 0 Å². The maximum atomic E-state index is 12.6. The largest absolute Gasteiger partial charge is 0.377 e. The number of ether oxygens (including phenoxy) is 1. The van der Waals surface area contributed by atoms with E-state index in [0.29, 0.717) is 32.7 Å².